The molecule has 0 bridgehead atoms. The van der Waals surface area contributed by atoms with E-state index in [2.05, 4.69) is 66.7 Å². The average Bonchev–Trinajstić information content (AvgIpc) is 3.45. The minimum atomic E-state index is -0.227. The van der Waals surface area contributed by atoms with E-state index in [0.717, 1.165) is 43.1 Å². The van der Waals surface area contributed by atoms with Crippen LogP contribution in [0.5, 0.6) is 0 Å². The first kappa shape index (κ1) is 31.0. The van der Waals surface area contributed by atoms with Gasteiger partial charge < -0.3 is 10.1 Å². The molecule has 7 rings (SSSR count). The molecule has 0 aliphatic heterocycles. The number of hydrogen-bond acceptors (Lipinski definition) is 4. The second-order valence-electron chi connectivity index (χ2n) is 10.3. The second kappa shape index (κ2) is 13.4. The normalized spacial score (nSPS) is 11.2. The van der Waals surface area contributed by atoms with Gasteiger partial charge in [-0.25, -0.2) is 4.39 Å². The van der Waals surface area contributed by atoms with E-state index in [1.165, 1.54) is 47.4 Å². The zero-order valence-corrected chi connectivity index (χ0v) is 27.2. The number of aromatic nitrogens is 1. The van der Waals surface area contributed by atoms with Crippen molar-refractivity contribution in [2.45, 2.75) is 13.8 Å². The number of ketones is 1. The maximum atomic E-state index is 13.8. The Labute approximate surface area is 272 Å². The minimum Gasteiger partial charge on any atom is -0.512 e. The summed E-state index contributed by atoms with van der Waals surface area (Å²) in [5.41, 5.74) is 5.37. The zero-order valence-electron chi connectivity index (χ0n) is 24.0. The summed E-state index contributed by atoms with van der Waals surface area (Å²) >= 11 is 1.75. The van der Waals surface area contributed by atoms with Crippen molar-refractivity contribution in [3.8, 4) is 32.8 Å². The molecule has 44 heavy (non-hydrogen) atoms. The fourth-order valence-corrected chi connectivity index (χ4v) is 6.36. The smallest absolute Gasteiger partial charge is 0.155 e. The van der Waals surface area contributed by atoms with Gasteiger partial charge in [0.15, 0.2) is 5.78 Å². The number of allylic oxidation sites excluding steroid dienone is 2. The first-order valence-electron chi connectivity index (χ1n) is 13.8. The van der Waals surface area contributed by atoms with Crippen LogP contribution in [0.1, 0.15) is 13.8 Å². The molecule has 6 heteroatoms. The van der Waals surface area contributed by atoms with E-state index in [0.29, 0.717) is 0 Å². The van der Waals surface area contributed by atoms with Gasteiger partial charge in [0.25, 0.3) is 0 Å². The van der Waals surface area contributed by atoms with Crippen LogP contribution in [0.25, 0.3) is 64.5 Å². The van der Waals surface area contributed by atoms with Gasteiger partial charge in [0.05, 0.1) is 5.76 Å². The number of pyridine rings is 1. The van der Waals surface area contributed by atoms with E-state index in [9.17, 15) is 9.18 Å². The number of hydrogen-bond donors (Lipinski definition) is 1. The molecule has 5 aromatic carbocycles. The molecule has 2 heterocycles. The van der Waals surface area contributed by atoms with E-state index in [4.69, 9.17) is 10.1 Å². The Kier molecular flexibility index (Phi) is 9.46. The van der Waals surface area contributed by atoms with Crippen LogP contribution < -0.4 is 0 Å². The van der Waals surface area contributed by atoms with Crippen LogP contribution >= 0.6 is 11.3 Å². The summed E-state index contributed by atoms with van der Waals surface area (Å²) in [5, 5.41) is 13.5. The summed E-state index contributed by atoms with van der Waals surface area (Å²) in [6.45, 7) is 2.85. The SMILES string of the molecule is CC(=O)/C=C(/C)O.Fc1ccc2c(ccc3c(-c4[c-]c5sc(-c6ccccc6)cc5c(-c5ccccc5)c4)nccc32)c1.[Ir]. The van der Waals surface area contributed by atoms with Crippen LogP contribution in [0, 0.1) is 11.9 Å². The molecule has 1 N–H and O–H groups in total. The molecule has 0 aliphatic carbocycles. The molecule has 0 amide bonds. The van der Waals surface area contributed by atoms with E-state index < -0.39 is 0 Å². The van der Waals surface area contributed by atoms with Crippen molar-refractivity contribution in [1.82, 2.24) is 4.98 Å². The van der Waals surface area contributed by atoms with E-state index in [1.807, 2.05) is 42.6 Å². The van der Waals surface area contributed by atoms with Gasteiger partial charge in [-0.2, -0.15) is 11.3 Å². The standard InChI is InChI=1S/C33H19FNS.C5H8O2.Ir/c34-25-12-14-26-23(17-25)11-13-28-27(26)15-16-35-33(28)24-18-29(21-7-3-1-4-8-21)30-20-31(36-32(30)19-24)22-9-5-2-6-10-22;1-4(6)3-5(2)7;/h1-18,20H;3,6H,1-2H3;/q-1;;/b;4-3-;. The van der Waals surface area contributed by atoms with Crippen LogP contribution in [0.15, 0.2) is 127 Å². The number of aliphatic hydroxyl groups is 1. The van der Waals surface area contributed by atoms with Crippen molar-refractivity contribution in [2.75, 3.05) is 0 Å². The van der Waals surface area contributed by atoms with Crippen LogP contribution in [0.2, 0.25) is 0 Å². The van der Waals surface area contributed by atoms with Crippen molar-refractivity contribution >= 4 is 48.8 Å². The van der Waals surface area contributed by atoms with E-state index >= 15 is 0 Å². The van der Waals surface area contributed by atoms with Crippen molar-refractivity contribution in [3.05, 3.63) is 139 Å². The maximum Gasteiger partial charge on any atom is 0.155 e. The summed E-state index contributed by atoms with van der Waals surface area (Å²) in [4.78, 5) is 16.0. The summed E-state index contributed by atoms with van der Waals surface area (Å²) in [6, 6.07) is 40.1. The molecule has 0 saturated heterocycles. The van der Waals surface area contributed by atoms with Gasteiger partial charge >= 0.3 is 0 Å². The molecular weight excluding hydrogens is 746 g/mol. The van der Waals surface area contributed by atoms with Crippen LogP contribution in [-0.2, 0) is 24.9 Å². The summed E-state index contributed by atoms with van der Waals surface area (Å²) < 4.78 is 14.9. The summed E-state index contributed by atoms with van der Waals surface area (Å²) in [5.74, 6) is -0.290. The monoisotopic (exact) mass is 773 g/mol. The van der Waals surface area contributed by atoms with Crippen molar-refractivity contribution in [1.29, 1.82) is 0 Å². The molecule has 219 valence electrons. The second-order valence-corrected chi connectivity index (χ2v) is 11.3. The summed E-state index contributed by atoms with van der Waals surface area (Å²) in [6.07, 6.45) is 3.00. The fourth-order valence-electron chi connectivity index (χ4n) is 5.27. The predicted molar refractivity (Wildman–Crippen MR) is 177 cm³/mol. The topological polar surface area (TPSA) is 50.2 Å². The molecule has 7 aromatic rings. The number of rotatable bonds is 4. The Morgan fingerprint density at radius 3 is 2.14 bits per heavy atom. The molecule has 0 saturated carbocycles. The van der Waals surface area contributed by atoms with Gasteiger partial charge in [-0.3, -0.25) is 4.79 Å². The Hall–Kier alpha value is -4.48. The number of halogens is 1. The molecule has 0 atom stereocenters. The maximum absolute atomic E-state index is 13.8. The number of carbonyl (C=O) groups is 1. The Morgan fingerprint density at radius 2 is 1.48 bits per heavy atom. The number of carbonyl (C=O) groups excluding carboxylic acids is 1. The van der Waals surface area contributed by atoms with Crippen molar-refractivity contribution in [3.63, 3.8) is 0 Å². The van der Waals surface area contributed by atoms with Crippen LogP contribution in [-0.4, -0.2) is 15.9 Å². The Morgan fingerprint density at radius 1 is 0.795 bits per heavy atom. The van der Waals surface area contributed by atoms with Crippen LogP contribution in [0.4, 0.5) is 4.39 Å². The van der Waals surface area contributed by atoms with Gasteiger partial charge in [-0.1, -0.05) is 95.9 Å². The fraction of sp³-hybridized carbons (Fsp3) is 0.0526. The largest absolute Gasteiger partial charge is 0.512 e. The molecule has 2 aromatic heterocycles. The van der Waals surface area contributed by atoms with Gasteiger partial charge in [0.1, 0.15) is 5.82 Å². The van der Waals surface area contributed by atoms with Gasteiger partial charge in [-0.15, -0.1) is 17.7 Å². The Bertz CT molecular complexity index is 2140. The first-order valence-corrected chi connectivity index (χ1v) is 14.6. The number of nitrogens with zero attached hydrogens (tertiary/aromatic N) is 1. The molecule has 0 fully saturated rings. The molecule has 3 nitrogen and oxygen atoms in total. The van der Waals surface area contributed by atoms with Crippen molar-refractivity contribution in [2.24, 2.45) is 0 Å². The minimum absolute atomic E-state index is 0. The van der Waals surface area contributed by atoms with Gasteiger partial charge in [-0.05, 0) is 75.1 Å². The van der Waals surface area contributed by atoms with E-state index in [1.54, 1.807) is 17.4 Å². The first-order chi connectivity index (χ1) is 20.9. The third-order valence-corrected chi connectivity index (χ3v) is 8.19. The van der Waals surface area contributed by atoms with Gasteiger partial charge in [0.2, 0.25) is 0 Å². The third kappa shape index (κ3) is 6.53. The van der Waals surface area contributed by atoms with Gasteiger partial charge in [0, 0.05) is 37.3 Å². The molecule has 0 spiro atoms. The predicted octanol–water partition coefficient (Wildman–Crippen LogP) is 10.6. The quantitative estimate of drug-likeness (QED) is 0.0839. The molecule has 0 aliphatic rings. The molecule has 0 unspecified atom stereocenters. The third-order valence-electron chi connectivity index (χ3n) is 7.09. The number of thiophene rings is 1. The Balaban J connectivity index is 0.000000433. The number of fused-ring (bicyclic) bond motifs is 4. The molecule has 1 radical (unpaired) electrons. The zero-order chi connectivity index (χ0) is 29.9. The summed E-state index contributed by atoms with van der Waals surface area (Å²) in [7, 11) is 0. The van der Waals surface area contributed by atoms with E-state index in [-0.39, 0.29) is 37.5 Å². The van der Waals surface area contributed by atoms with Crippen molar-refractivity contribution < 1.29 is 34.4 Å². The van der Waals surface area contributed by atoms with Crippen LogP contribution in [0.3, 0.4) is 0 Å². The number of benzene rings is 5. The molecular formula is C38H27FIrNO2S-. The number of aliphatic hydroxyl groups excluding tert-OH is 1. The average molecular weight is 773 g/mol.